The largest absolute Gasteiger partial charge is 0.381 e. The van der Waals surface area contributed by atoms with Crippen LogP contribution in [0.3, 0.4) is 0 Å². The highest BCUT2D eigenvalue weighted by Crippen LogP contribution is 2.25. The number of hydrogen-bond acceptors (Lipinski definition) is 3. The lowest BCUT2D eigenvalue weighted by atomic mass is 9.84. The zero-order valence-corrected chi connectivity index (χ0v) is 19.5. The Kier molecular flexibility index (Phi) is 9.44. The molecule has 27 heavy (non-hydrogen) atoms. The summed E-state index contributed by atoms with van der Waals surface area (Å²) in [5, 5.41) is 6.85. The van der Waals surface area contributed by atoms with Crippen LogP contribution < -0.4 is 10.6 Å². The Hall–Kier alpha value is -0.930. The number of halogens is 2. The van der Waals surface area contributed by atoms with Crippen molar-refractivity contribution in [3.8, 4) is 0 Å². The summed E-state index contributed by atoms with van der Waals surface area (Å²) in [6.07, 6.45) is 2.00. The molecule has 154 valence electrons. The van der Waals surface area contributed by atoms with E-state index in [1.807, 2.05) is 6.07 Å². The van der Waals surface area contributed by atoms with Crippen LogP contribution in [0.2, 0.25) is 0 Å². The molecule has 1 aliphatic rings. The summed E-state index contributed by atoms with van der Waals surface area (Å²) in [6, 6.07) is 6.79. The lowest BCUT2D eigenvalue weighted by molar-refractivity contribution is -0.00501. The van der Waals surface area contributed by atoms with Crippen molar-refractivity contribution in [1.29, 1.82) is 0 Å². The van der Waals surface area contributed by atoms with E-state index in [0.717, 1.165) is 44.1 Å². The Morgan fingerprint density at radius 2 is 1.93 bits per heavy atom. The van der Waals surface area contributed by atoms with Gasteiger partial charge < -0.3 is 20.3 Å². The van der Waals surface area contributed by atoms with E-state index in [0.29, 0.717) is 6.54 Å². The summed E-state index contributed by atoms with van der Waals surface area (Å²) in [5.41, 5.74) is 0.834. The SMILES string of the molecule is CN=C(NCC(C)(C)c1cccc(F)c1)NCC1(N(C)C)CCOCC1.I. The molecule has 0 bridgehead atoms. The first-order valence-electron chi connectivity index (χ1n) is 9.25. The number of nitrogens with one attached hydrogen (secondary N) is 2. The third-order valence-corrected chi connectivity index (χ3v) is 5.48. The number of benzene rings is 1. The van der Waals surface area contributed by atoms with Crippen molar-refractivity contribution >= 4 is 29.9 Å². The molecule has 1 aliphatic heterocycles. The molecule has 1 aromatic carbocycles. The van der Waals surface area contributed by atoms with Gasteiger partial charge in [0.05, 0.1) is 0 Å². The molecule has 1 heterocycles. The van der Waals surface area contributed by atoms with Crippen LogP contribution in [0.1, 0.15) is 32.3 Å². The third kappa shape index (κ3) is 6.57. The second-order valence-corrected chi connectivity index (χ2v) is 7.90. The van der Waals surface area contributed by atoms with Crippen molar-refractivity contribution in [2.45, 2.75) is 37.6 Å². The van der Waals surface area contributed by atoms with Gasteiger partial charge in [0, 0.05) is 44.3 Å². The summed E-state index contributed by atoms with van der Waals surface area (Å²) >= 11 is 0. The molecule has 1 aromatic rings. The number of aliphatic imine (C=N–C) groups is 1. The maximum absolute atomic E-state index is 13.5. The van der Waals surface area contributed by atoms with Crippen molar-refractivity contribution in [2.24, 2.45) is 4.99 Å². The van der Waals surface area contributed by atoms with Crippen LogP contribution >= 0.6 is 24.0 Å². The Bertz CT molecular complexity index is 616. The molecule has 1 saturated heterocycles. The highest BCUT2D eigenvalue weighted by Gasteiger charge is 2.35. The van der Waals surface area contributed by atoms with Crippen LogP contribution in [-0.2, 0) is 10.2 Å². The monoisotopic (exact) mass is 492 g/mol. The molecule has 5 nitrogen and oxygen atoms in total. The smallest absolute Gasteiger partial charge is 0.191 e. The minimum Gasteiger partial charge on any atom is -0.381 e. The number of ether oxygens (including phenoxy) is 1. The molecule has 2 N–H and O–H groups in total. The van der Waals surface area contributed by atoms with E-state index in [2.05, 4.69) is 48.5 Å². The van der Waals surface area contributed by atoms with Crippen LogP contribution in [0, 0.1) is 5.82 Å². The topological polar surface area (TPSA) is 48.9 Å². The maximum Gasteiger partial charge on any atom is 0.191 e. The average molecular weight is 492 g/mol. The van der Waals surface area contributed by atoms with Gasteiger partial charge in [0.2, 0.25) is 0 Å². The van der Waals surface area contributed by atoms with E-state index >= 15 is 0 Å². The van der Waals surface area contributed by atoms with Gasteiger partial charge in [-0.2, -0.15) is 0 Å². The lowest BCUT2D eigenvalue weighted by Crippen LogP contribution is -2.57. The molecular weight excluding hydrogens is 458 g/mol. The molecule has 0 aromatic heterocycles. The van der Waals surface area contributed by atoms with Crippen molar-refractivity contribution in [3.63, 3.8) is 0 Å². The molecule has 0 radical (unpaired) electrons. The third-order valence-electron chi connectivity index (χ3n) is 5.48. The first-order valence-corrected chi connectivity index (χ1v) is 9.25. The van der Waals surface area contributed by atoms with Gasteiger partial charge in [-0.3, -0.25) is 4.99 Å². The van der Waals surface area contributed by atoms with Gasteiger partial charge in [0.15, 0.2) is 5.96 Å². The predicted molar refractivity (Wildman–Crippen MR) is 121 cm³/mol. The normalized spacial score (nSPS) is 17.4. The van der Waals surface area contributed by atoms with Gasteiger partial charge in [-0.1, -0.05) is 26.0 Å². The molecule has 0 unspecified atom stereocenters. The maximum atomic E-state index is 13.5. The molecular formula is C20H34FIN4O. The van der Waals surface area contributed by atoms with Crippen LogP contribution in [0.25, 0.3) is 0 Å². The second kappa shape index (κ2) is 10.6. The molecule has 0 atom stereocenters. The fourth-order valence-electron chi connectivity index (χ4n) is 3.32. The van der Waals surface area contributed by atoms with E-state index in [-0.39, 0.29) is 40.7 Å². The number of nitrogens with zero attached hydrogens (tertiary/aromatic N) is 2. The molecule has 7 heteroatoms. The Labute approximate surface area is 180 Å². The van der Waals surface area contributed by atoms with Gasteiger partial charge in [-0.25, -0.2) is 4.39 Å². The lowest BCUT2D eigenvalue weighted by Gasteiger charge is -2.43. The molecule has 0 aliphatic carbocycles. The molecule has 2 rings (SSSR count). The summed E-state index contributed by atoms with van der Waals surface area (Å²) in [7, 11) is 6.02. The van der Waals surface area contributed by atoms with Crippen molar-refractivity contribution < 1.29 is 9.13 Å². The van der Waals surface area contributed by atoms with Gasteiger partial charge in [-0.15, -0.1) is 24.0 Å². The van der Waals surface area contributed by atoms with Crippen molar-refractivity contribution in [2.75, 3.05) is 47.4 Å². The summed E-state index contributed by atoms with van der Waals surface area (Å²) < 4.78 is 19.1. The number of guanidine groups is 1. The number of likely N-dealkylation sites (N-methyl/N-ethyl adjacent to an activating group) is 1. The van der Waals surface area contributed by atoms with Crippen LogP contribution in [0.5, 0.6) is 0 Å². The molecule has 0 saturated carbocycles. The van der Waals surface area contributed by atoms with Crippen molar-refractivity contribution in [1.82, 2.24) is 15.5 Å². The Balaban J connectivity index is 0.00000364. The summed E-state index contributed by atoms with van der Waals surface area (Å²) in [5.74, 6) is 0.563. The molecule has 0 spiro atoms. The van der Waals surface area contributed by atoms with Crippen molar-refractivity contribution in [3.05, 3.63) is 35.6 Å². The highest BCUT2D eigenvalue weighted by atomic mass is 127. The van der Waals surface area contributed by atoms with Gasteiger partial charge >= 0.3 is 0 Å². The fourth-order valence-corrected chi connectivity index (χ4v) is 3.32. The standard InChI is InChI=1S/C20H33FN4O.HI/c1-19(2,16-7-6-8-17(21)13-16)14-23-18(22-3)24-15-20(25(4)5)9-11-26-12-10-20;/h6-8,13H,9-12,14-15H2,1-5H3,(H2,22,23,24);1H. The predicted octanol–water partition coefficient (Wildman–Crippen LogP) is 3.00. The summed E-state index contributed by atoms with van der Waals surface area (Å²) in [6.45, 7) is 7.25. The van der Waals surface area contributed by atoms with Gasteiger partial charge in [-0.05, 0) is 44.6 Å². The van der Waals surface area contributed by atoms with E-state index in [1.54, 1.807) is 19.2 Å². The number of rotatable bonds is 6. The number of hydrogen-bond donors (Lipinski definition) is 2. The fraction of sp³-hybridized carbons (Fsp3) is 0.650. The van der Waals surface area contributed by atoms with Gasteiger partial charge in [0.1, 0.15) is 5.82 Å². The first-order chi connectivity index (χ1) is 12.3. The summed E-state index contributed by atoms with van der Waals surface area (Å²) in [4.78, 5) is 6.63. The van der Waals surface area contributed by atoms with E-state index in [4.69, 9.17) is 4.74 Å². The molecule has 1 fully saturated rings. The van der Waals surface area contributed by atoms with Crippen LogP contribution in [-0.4, -0.2) is 63.8 Å². The Morgan fingerprint density at radius 1 is 1.26 bits per heavy atom. The minimum atomic E-state index is -0.211. The van der Waals surface area contributed by atoms with E-state index in [1.165, 1.54) is 6.07 Å². The minimum absolute atomic E-state index is 0. The zero-order chi connectivity index (χ0) is 19.2. The highest BCUT2D eigenvalue weighted by molar-refractivity contribution is 14.0. The van der Waals surface area contributed by atoms with Gasteiger partial charge in [0.25, 0.3) is 0 Å². The Morgan fingerprint density at radius 3 is 2.48 bits per heavy atom. The zero-order valence-electron chi connectivity index (χ0n) is 17.1. The second-order valence-electron chi connectivity index (χ2n) is 7.90. The van der Waals surface area contributed by atoms with Crippen LogP contribution in [0.4, 0.5) is 4.39 Å². The quantitative estimate of drug-likeness (QED) is 0.364. The first kappa shape index (κ1) is 24.1. The molecule has 0 amide bonds. The average Bonchev–Trinajstić information content (AvgIpc) is 2.62. The van der Waals surface area contributed by atoms with E-state index in [9.17, 15) is 4.39 Å². The van der Waals surface area contributed by atoms with Crippen LogP contribution in [0.15, 0.2) is 29.3 Å². The van der Waals surface area contributed by atoms with E-state index < -0.39 is 0 Å².